The first kappa shape index (κ1) is 12.0. The lowest BCUT2D eigenvalue weighted by Gasteiger charge is -2.11. The third-order valence-corrected chi connectivity index (χ3v) is 3.44. The number of anilines is 2. The Bertz CT molecular complexity index is 497. The van der Waals surface area contributed by atoms with E-state index in [1.165, 1.54) is 0 Å². The normalized spacial score (nSPS) is 12.6. The van der Waals surface area contributed by atoms with Gasteiger partial charge < -0.3 is 15.6 Å². The second-order valence-electron chi connectivity index (χ2n) is 3.67. The highest BCUT2D eigenvalue weighted by Crippen LogP contribution is 2.18. The molecule has 0 aliphatic heterocycles. The van der Waals surface area contributed by atoms with Crippen molar-refractivity contribution in [3.05, 3.63) is 6.33 Å². The first-order valence-electron chi connectivity index (χ1n) is 5.40. The summed E-state index contributed by atoms with van der Waals surface area (Å²) in [5.41, 5.74) is 1.51. The number of aromatic amines is 1. The minimum Gasteiger partial charge on any atom is -0.367 e. The van der Waals surface area contributed by atoms with Gasteiger partial charge in [0, 0.05) is 18.8 Å². The van der Waals surface area contributed by atoms with Gasteiger partial charge in [-0.25, -0.2) is 4.98 Å². The summed E-state index contributed by atoms with van der Waals surface area (Å²) in [7, 11) is 1.79. The minimum atomic E-state index is 0.529. The molecule has 2 aromatic rings. The third-order valence-electron chi connectivity index (χ3n) is 2.47. The maximum Gasteiger partial charge on any atom is 0.226 e. The van der Waals surface area contributed by atoms with Crippen LogP contribution in [0.5, 0.6) is 0 Å². The molecule has 0 aromatic carbocycles. The molecule has 0 aliphatic carbocycles. The van der Waals surface area contributed by atoms with Crippen LogP contribution in [0.25, 0.3) is 11.2 Å². The van der Waals surface area contributed by atoms with Crippen LogP contribution < -0.4 is 10.6 Å². The maximum absolute atomic E-state index is 4.38. The van der Waals surface area contributed by atoms with Gasteiger partial charge in [0.05, 0.1) is 6.33 Å². The molecule has 2 rings (SSSR count). The number of aromatic nitrogens is 4. The fraction of sp³-hybridized carbons (Fsp3) is 0.500. The molecule has 0 fully saturated rings. The summed E-state index contributed by atoms with van der Waals surface area (Å²) >= 11 is 1.81. The smallest absolute Gasteiger partial charge is 0.226 e. The molecule has 2 heterocycles. The van der Waals surface area contributed by atoms with Crippen molar-refractivity contribution in [2.45, 2.75) is 12.2 Å². The van der Waals surface area contributed by atoms with E-state index < -0.39 is 0 Å². The average molecular weight is 252 g/mol. The number of hydrogen-bond donors (Lipinski definition) is 3. The lowest BCUT2D eigenvalue weighted by molar-refractivity contribution is 0.990. The molecule has 0 radical (unpaired) electrons. The predicted molar refractivity (Wildman–Crippen MR) is 72.7 cm³/mol. The summed E-state index contributed by atoms with van der Waals surface area (Å²) in [6, 6.07) is 0. The van der Waals surface area contributed by atoms with E-state index in [4.69, 9.17) is 0 Å². The van der Waals surface area contributed by atoms with Crippen molar-refractivity contribution in [1.82, 2.24) is 19.9 Å². The molecule has 17 heavy (non-hydrogen) atoms. The van der Waals surface area contributed by atoms with E-state index in [1.807, 2.05) is 11.8 Å². The Morgan fingerprint density at radius 3 is 3.00 bits per heavy atom. The van der Waals surface area contributed by atoms with Crippen molar-refractivity contribution < 1.29 is 0 Å². The van der Waals surface area contributed by atoms with Crippen LogP contribution in [0.3, 0.4) is 0 Å². The van der Waals surface area contributed by atoms with Crippen molar-refractivity contribution in [3.63, 3.8) is 0 Å². The van der Waals surface area contributed by atoms with Crippen LogP contribution in [-0.2, 0) is 0 Å². The Kier molecular flexibility index (Phi) is 3.68. The Balaban J connectivity index is 2.27. The van der Waals surface area contributed by atoms with Gasteiger partial charge in [-0.15, -0.1) is 0 Å². The van der Waals surface area contributed by atoms with E-state index in [1.54, 1.807) is 13.4 Å². The van der Waals surface area contributed by atoms with E-state index >= 15 is 0 Å². The van der Waals surface area contributed by atoms with Gasteiger partial charge in [0.15, 0.2) is 11.5 Å². The Labute approximate surface area is 104 Å². The Morgan fingerprint density at radius 2 is 2.29 bits per heavy atom. The van der Waals surface area contributed by atoms with Crippen LogP contribution in [0, 0.1) is 0 Å². The van der Waals surface area contributed by atoms with Gasteiger partial charge in [-0.3, -0.25) is 0 Å². The summed E-state index contributed by atoms with van der Waals surface area (Å²) in [6.07, 6.45) is 3.72. The number of H-pyrrole nitrogens is 1. The van der Waals surface area contributed by atoms with Crippen LogP contribution in [-0.4, -0.2) is 45.0 Å². The van der Waals surface area contributed by atoms with Crippen LogP contribution in [0.2, 0.25) is 0 Å². The molecule has 6 nitrogen and oxygen atoms in total. The first-order valence-corrected chi connectivity index (χ1v) is 6.69. The molecular formula is C10H16N6S. The van der Waals surface area contributed by atoms with E-state index in [0.29, 0.717) is 16.8 Å². The van der Waals surface area contributed by atoms with E-state index in [-0.39, 0.29) is 0 Å². The molecule has 2 aromatic heterocycles. The van der Waals surface area contributed by atoms with Crippen molar-refractivity contribution in [1.29, 1.82) is 0 Å². The molecule has 7 heteroatoms. The third kappa shape index (κ3) is 2.60. The zero-order valence-corrected chi connectivity index (χ0v) is 10.9. The second-order valence-corrected chi connectivity index (χ2v) is 4.95. The number of rotatable bonds is 5. The highest BCUT2D eigenvalue weighted by Gasteiger charge is 2.09. The fourth-order valence-corrected chi connectivity index (χ4v) is 1.65. The van der Waals surface area contributed by atoms with E-state index in [0.717, 1.165) is 17.9 Å². The van der Waals surface area contributed by atoms with Crippen molar-refractivity contribution in [2.24, 2.45) is 0 Å². The molecule has 0 aliphatic rings. The first-order chi connectivity index (χ1) is 8.24. The summed E-state index contributed by atoms with van der Waals surface area (Å²) in [6.45, 7) is 3.03. The molecular weight excluding hydrogens is 236 g/mol. The molecule has 3 N–H and O–H groups in total. The molecule has 92 valence electrons. The standard InChI is InChI=1S/C10H16N6S/c1-6(17-3)4-12-8-7-9(14-5-13-7)16-10(11-2)15-8/h5-6H,4H2,1-3H3,(H3,11,12,13,14,15,16). The number of fused-ring (bicyclic) bond motifs is 1. The van der Waals surface area contributed by atoms with Crippen molar-refractivity contribution >= 4 is 34.7 Å². The summed E-state index contributed by atoms with van der Waals surface area (Å²) in [5.74, 6) is 1.36. The highest BCUT2D eigenvalue weighted by molar-refractivity contribution is 7.99. The topological polar surface area (TPSA) is 78.5 Å². The molecule has 0 bridgehead atoms. The van der Waals surface area contributed by atoms with Gasteiger partial charge in [0.2, 0.25) is 5.95 Å². The molecule has 1 unspecified atom stereocenters. The van der Waals surface area contributed by atoms with Gasteiger partial charge in [0.25, 0.3) is 0 Å². The molecule has 0 spiro atoms. The zero-order chi connectivity index (χ0) is 12.3. The molecule has 0 saturated heterocycles. The van der Waals surface area contributed by atoms with Crippen molar-refractivity contribution in [3.8, 4) is 0 Å². The van der Waals surface area contributed by atoms with Gasteiger partial charge in [-0.05, 0) is 6.26 Å². The Morgan fingerprint density at radius 1 is 1.47 bits per heavy atom. The van der Waals surface area contributed by atoms with Gasteiger partial charge >= 0.3 is 0 Å². The molecule has 0 amide bonds. The Hall–Kier alpha value is -1.50. The lowest BCUT2D eigenvalue weighted by Crippen LogP contribution is -2.14. The second kappa shape index (κ2) is 5.22. The van der Waals surface area contributed by atoms with Crippen LogP contribution in [0.1, 0.15) is 6.92 Å². The van der Waals surface area contributed by atoms with E-state index in [2.05, 4.69) is 43.7 Å². The van der Waals surface area contributed by atoms with Crippen LogP contribution >= 0.6 is 11.8 Å². The van der Waals surface area contributed by atoms with Crippen LogP contribution in [0.15, 0.2) is 6.33 Å². The van der Waals surface area contributed by atoms with Crippen molar-refractivity contribution in [2.75, 3.05) is 30.5 Å². The van der Waals surface area contributed by atoms with Crippen LogP contribution in [0.4, 0.5) is 11.8 Å². The summed E-state index contributed by atoms with van der Waals surface area (Å²) < 4.78 is 0. The minimum absolute atomic E-state index is 0.529. The van der Waals surface area contributed by atoms with E-state index in [9.17, 15) is 0 Å². The number of imidazole rings is 1. The molecule has 1 atom stereocenters. The predicted octanol–water partition coefficient (Wildman–Crippen LogP) is 1.56. The number of nitrogens with one attached hydrogen (secondary N) is 3. The largest absolute Gasteiger partial charge is 0.367 e. The summed E-state index contributed by atoms with van der Waals surface area (Å²) in [4.78, 5) is 15.8. The summed E-state index contributed by atoms with van der Waals surface area (Å²) in [5, 5.41) is 6.77. The maximum atomic E-state index is 4.38. The average Bonchev–Trinajstić information content (AvgIpc) is 2.83. The number of hydrogen-bond acceptors (Lipinski definition) is 6. The zero-order valence-electron chi connectivity index (χ0n) is 10.1. The quantitative estimate of drug-likeness (QED) is 0.749. The fourth-order valence-electron chi connectivity index (χ4n) is 1.40. The highest BCUT2D eigenvalue weighted by atomic mass is 32.2. The SMILES string of the molecule is CNc1nc(NCC(C)SC)c2[nH]cnc2n1. The number of thioether (sulfide) groups is 1. The van der Waals surface area contributed by atoms with Gasteiger partial charge in [0.1, 0.15) is 5.52 Å². The lowest BCUT2D eigenvalue weighted by atomic mass is 10.4. The molecule has 0 saturated carbocycles. The monoisotopic (exact) mass is 252 g/mol. The van der Waals surface area contributed by atoms with Gasteiger partial charge in [-0.2, -0.15) is 21.7 Å². The van der Waals surface area contributed by atoms with Gasteiger partial charge in [-0.1, -0.05) is 6.92 Å². The number of nitrogens with zero attached hydrogens (tertiary/aromatic N) is 3.